The van der Waals surface area contributed by atoms with Crippen LogP contribution in [0.1, 0.15) is 39.0 Å². The first-order chi connectivity index (χ1) is 8.76. The van der Waals surface area contributed by atoms with Gasteiger partial charge in [-0.2, -0.15) is 0 Å². The Hall–Kier alpha value is -1.06. The number of nitrogens with zero attached hydrogens (tertiary/aromatic N) is 1. The Morgan fingerprint density at radius 3 is 2.67 bits per heavy atom. The van der Waals surface area contributed by atoms with E-state index in [4.69, 9.17) is 4.74 Å². The SMILES string of the molecule is CCCCOC(=O)N1CCC([C@H]2C[C@H]2C=O)CC1. The number of hydrogen-bond acceptors (Lipinski definition) is 3. The van der Waals surface area contributed by atoms with Crippen LogP contribution in [-0.4, -0.2) is 37.0 Å². The highest BCUT2D eigenvalue weighted by Gasteiger charge is 2.43. The molecule has 0 unspecified atom stereocenters. The van der Waals surface area contributed by atoms with Crippen LogP contribution in [0.25, 0.3) is 0 Å². The van der Waals surface area contributed by atoms with Gasteiger partial charge < -0.3 is 14.4 Å². The Bertz CT molecular complexity index is 297. The summed E-state index contributed by atoms with van der Waals surface area (Å²) >= 11 is 0. The van der Waals surface area contributed by atoms with E-state index in [1.165, 1.54) is 0 Å². The lowest BCUT2D eigenvalue weighted by atomic mass is 9.91. The molecule has 0 spiro atoms. The van der Waals surface area contributed by atoms with E-state index in [0.29, 0.717) is 24.4 Å². The van der Waals surface area contributed by atoms with Crippen LogP contribution in [0.15, 0.2) is 0 Å². The van der Waals surface area contributed by atoms with E-state index in [-0.39, 0.29) is 6.09 Å². The van der Waals surface area contributed by atoms with Crippen molar-refractivity contribution >= 4 is 12.4 Å². The summed E-state index contributed by atoms with van der Waals surface area (Å²) in [4.78, 5) is 24.2. The maximum absolute atomic E-state index is 11.7. The molecule has 4 nitrogen and oxygen atoms in total. The Balaban J connectivity index is 1.66. The van der Waals surface area contributed by atoms with E-state index in [2.05, 4.69) is 6.92 Å². The molecule has 102 valence electrons. The number of amides is 1. The molecule has 0 aromatic carbocycles. The van der Waals surface area contributed by atoms with Crippen molar-refractivity contribution in [3.05, 3.63) is 0 Å². The first-order valence-electron chi connectivity index (χ1n) is 7.13. The molecule has 2 rings (SSSR count). The zero-order valence-corrected chi connectivity index (χ0v) is 11.1. The summed E-state index contributed by atoms with van der Waals surface area (Å²) in [5.41, 5.74) is 0. The highest BCUT2D eigenvalue weighted by Crippen LogP contribution is 2.46. The maximum Gasteiger partial charge on any atom is 0.409 e. The topological polar surface area (TPSA) is 46.6 Å². The standard InChI is InChI=1S/C14H23NO3/c1-2-3-8-18-14(17)15-6-4-11(5-7-15)13-9-12(13)10-16/h10-13H,2-9H2,1H3/t12-,13+/m0/s1. The zero-order chi connectivity index (χ0) is 13.0. The molecular formula is C14H23NO3. The van der Waals surface area contributed by atoms with Crippen molar-refractivity contribution in [1.29, 1.82) is 0 Å². The average molecular weight is 253 g/mol. The molecule has 1 aliphatic carbocycles. The molecule has 2 aliphatic rings. The minimum absolute atomic E-state index is 0.162. The molecule has 0 N–H and O–H groups in total. The van der Waals surface area contributed by atoms with Crippen molar-refractivity contribution in [2.45, 2.75) is 39.0 Å². The van der Waals surface area contributed by atoms with E-state index < -0.39 is 0 Å². The predicted octanol–water partition coefficient (Wildman–Crippen LogP) is 2.47. The van der Waals surface area contributed by atoms with Gasteiger partial charge in [-0.3, -0.25) is 0 Å². The number of likely N-dealkylation sites (tertiary alicyclic amines) is 1. The third kappa shape index (κ3) is 3.24. The molecule has 0 aromatic rings. The Kier molecular flexibility index (Phi) is 4.61. The average Bonchev–Trinajstić information content (AvgIpc) is 3.18. The van der Waals surface area contributed by atoms with Gasteiger partial charge in [0.15, 0.2) is 0 Å². The van der Waals surface area contributed by atoms with Crippen molar-refractivity contribution in [2.75, 3.05) is 19.7 Å². The second kappa shape index (κ2) is 6.21. The molecule has 1 amide bonds. The minimum Gasteiger partial charge on any atom is -0.449 e. The van der Waals surface area contributed by atoms with Gasteiger partial charge in [0.2, 0.25) is 0 Å². The number of unbranched alkanes of at least 4 members (excludes halogenated alkanes) is 1. The fourth-order valence-corrected chi connectivity index (χ4v) is 2.84. The molecule has 1 aliphatic heterocycles. The normalized spacial score (nSPS) is 27.9. The summed E-state index contributed by atoms with van der Waals surface area (Å²) in [7, 11) is 0. The van der Waals surface area contributed by atoms with Gasteiger partial charge in [0.05, 0.1) is 6.61 Å². The number of aldehydes is 1. The van der Waals surface area contributed by atoms with Crippen LogP contribution >= 0.6 is 0 Å². The van der Waals surface area contributed by atoms with Crippen molar-refractivity contribution in [2.24, 2.45) is 17.8 Å². The summed E-state index contributed by atoms with van der Waals surface area (Å²) < 4.78 is 5.21. The monoisotopic (exact) mass is 253 g/mol. The van der Waals surface area contributed by atoms with Gasteiger partial charge in [-0.25, -0.2) is 4.79 Å². The highest BCUT2D eigenvalue weighted by atomic mass is 16.6. The van der Waals surface area contributed by atoms with Gasteiger partial charge in [-0.05, 0) is 37.5 Å². The molecule has 0 radical (unpaired) electrons. The van der Waals surface area contributed by atoms with Crippen molar-refractivity contribution in [3.63, 3.8) is 0 Å². The first-order valence-corrected chi connectivity index (χ1v) is 7.13. The van der Waals surface area contributed by atoms with Gasteiger partial charge in [0.1, 0.15) is 6.29 Å². The Morgan fingerprint density at radius 1 is 1.39 bits per heavy atom. The largest absolute Gasteiger partial charge is 0.449 e. The van der Waals surface area contributed by atoms with Gasteiger partial charge in [0.25, 0.3) is 0 Å². The maximum atomic E-state index is 11.7. The van der Waals surface area contributed by atoms with Crippen LogP contribution in [0, 0.1) is 17.8 Å². The van der Waals surface area contributed by atoms with Crippen LogP contribution in [0.5, 0.6) is 0 Å². The summed E-state index contributed by atoms with van der Waals surface area (Å²) in [5, 5.41) is 0. The lowest BCUT2D eigenvalue weighted by Gasteiger charge is -2.31. The molecule has 4 heteroatoms. The van der Waals surface area contributed by atoms with Crippen LogP contribution in [0.4, 0.5) is 4.79 Å². The van der Waals surface area contributed by atoms with Gasteiger partial charge in [-0.1, -0.05) is 13.3 Å². The number of rotatable bonds is 5. The molecule has 2 fully saturated rings. The van der Waals surface area contributed by atoms with Gasteiger partial charge >= 0.3 is 6.09 Å². The van der Waals surface area contributed by atoms with E-state index in [1.54, 1.807) is 0 Å². The Labute approximate surface area is 109 Å². The van der Waals surface area contributed by atoms with Crippen LogP contribution < -0.4 is 0 Å². The minimum atomic E-state index is -0.162. The van der Waals surface area contributed by atoms with E-state index in [0.717, 1.165) is 51.5 Å². The number of piperidine rings is 1. The number of carbonyl (C=O) groups is 2. The molecule has 18 heavy (non-hydrogen) atoms. The van der Waals surface area contributed by atoms with Crippen LogP contribution in [-0.2, 0) is 9.53 Å². The second-order valence-corrected chi connectivity index (χ2v) is 5.49. The molecule has 1 heterocycles. The molecule has 2 atom stereocenters. The second-order valence-electron chi connectivity index (χ2n) is 5.49. The number of hydrogen-bond donors (Lipinski definition) is 0. The van der Waals surface area contributed by atoms with E-state index >= 15 is 0 Å². The smallest absolute Gasteiger partial charge is 0.409 e. The molecule has 1 saturated heterocycles. The van der Waals surface area contributed by atoms with E-state index in [9.17, 15) is 9.59 Å². The quantitative estimate of drug-likeness (QED) is 0.558. The summed E-state index contributed by atoms with van der Waals surface area (Å²) in [6.07, 6.45) is 6.03. The van der Waals surface area contributed by atoms with Crippen LogP contribution in [0.3, 0.4) is 0 Å². The van der Waals surface area contributed by atoms with Crippen LogP contribution in [0.2, 0.25) is 0 Å². The summed E-state index contributed by atoms with van der Waals surface area (Å²) in [6.45, 7) is 4.19. The Morgan fingerprint density at radius 2 is 2.11 bits per heavy atom. The molecule has 1 saturated carbocycles. The summed E-state index contributed by atoms with van der Waals surface area (Å²) in [5.74, 6) is 1.54. The lowest BCUT2D eigenvalue weighted by Crippen LogP contribution is -2.39. The number of carbonyl (C=O) groups excluding carboxylic acids is 2. The fraction of sp³-hybridized carbons (Fsp3) is 0.857. The number of ether oxygens (including phenoxy) is 1. The van der Waals surface area contributed by atoms with Gasteiger partial charge in [0, 0.05) is 19.0 Å². The highest BCUT2D eigenvalue weighted by molar-refractivity contribution is 5.67. The summed E-state index contributed by atoms with van der Waals surface area (Å²) in [6, 6.07) is 0. The van der Waals surface area contributed by atoms with Crippen molar-refractivity contribution in [3.8, 4) is 0 Å². The van der Waals surface area contributed by atoms with E-state index in [1.807, 2.05) is 4.90 Å². The molecule has 0 aromatic heterocycles. The predicted molar refractivity (Wildman–Crippen MR) is 68.2 cm³/mol. The third-order valence-electron chi connectivity index (χ3n) is 4.19. The fourth-order valence-electron chi connectivity index (χ4n) is 2.84. The van der Waals surface area contributed by atoms with Crippen molar-refractivity contribution in [1.82, 2.24) is 4.90 Å². The first kappa shape index (κ1) is 13.4. The lowest BCUT2D eigenvalue weighted by molar-refractivity contribution is -0.109. The van der Waals surface area contributed by atoms with Crippen molar-refractivity contribution < 1.29 is 14.3 Å². The molecular weight excluding hydrogens is 230 g/mol. The zero-order valence-electron chi connectivity index (χ0n) is 11.1. The third-order valence-corrected chi connectivity index (χ3v) is 4.19. The van der Waals surface area contributed by atoms with Gasteiger partial charge in [-0.15, -0.1) is 0 Å². The molecule has 0 bridgehead atoms.